The van der Waals surface area contributed by atoms with E-state index in [9.17, 15) is 4.79 Å². The van der Waals surface area contributed by atoms with Gasteiger partial charge in [-0.3, -0.25) is 4.79 Å². The summed E-state index contributed by atoms with van der Waals surface area (Å²) in [5.74, 6) is 0.0336. The lowest BCUT2D eigenvalue weighted by atomic mass is 10.0. The first-order valence-corrected chi connectivity index (χ1v) is 8.17. The molecule has 1 N–H and O–H groups in total. The minimum Gasteiger partial charge on any atom is -0.352 e. The van der Waals surface area contributed by atoms with Crippen LogP contribution < -0.4 is 5.32 Å². The Morgan fingerprint density at radius 2 is 1.79 bits per heavy atom. The van der Waals surface area contributed by atoms with Crippen molar-refractivity contribution in [2.75, 3.05) is 11.0 Å². The summed E-state index contributed by atoms with van der Waals surface area (Å²) in [4.78, 5) is 12.2. The van der Waals surface area contributed by atoms with E-state index in [-0.39, 0.29) is 5.91 Å². The number of fused-ring (bicyclic) bond motifs is 1. The summed E-state index contributed by atoms with van der Waals surface area (Å²) >= 11 is 2.38. The van der Waals surface area contributed by atoms with Crippen LogP contribution in [0.2, 0.25) is 0 Å². The highest BCUT2D eigenvalue weighted by molar-refractivity contribution is 14.1. The Labute approximate surface area is 127 Å². The van der Waals surface area contributed by atoms with E-state index in [1.54, 1.807) is 0 Å². The van der Waals surface area contributed by atoms with Crippen molar-refractivity contribution in [3.63, 3.8) is 0 Å². The third-order valence-corrected chi connectivity index (χ3v) is 3.89. The van der Waals surface area contributed by atoms with Crippen molar-refractivity contribution in [1.29, 1.82) is 0 Å². The van der Waals surface area contributed by atoms with Gasteiger partial charge in [-0.15, -0.1) is 0 Å². The molecular weight excluding hydrogens is 349 g/mol. The Kier molecular flexibility index (Phi) is 5.63. The standard InChI is InChI=1S/C16H18INO/c17-11-4-1-5-12-18-16(19)15-10-6-8-13-7-2-3-9-14(13)15/h2-3,6-10H,1,4-5,11-12H2,(H,18,19). The number of carbonyl (C=O) groups is 1. The average molecular weight is 367 g/mol. The number of nitrogens with one attached hydrogen (secondary N) is 1. The molecule has 0 saturated carbocycles. The molecule has 3 heteroatoms. The third-order valence-electron chi connectivity index (χ3n) is 3.13. The summed E-state index contributed by atoms with van der Waals surface area (Å²) in [5, 5.41) is 5.14. The van der Waals surface area contributed by atoms with Crippen molar-refractivity contribution < 1.29 is 4.79 Å². The van der Waals surface area contributed by atoms with Crippen molar-refractivity contribution in [3.05, 3.63) is 48.0 Å². The van der Waals surface area contributed by atoms with Crippen LogP contribution in [-0.4, -0.2) is 16.9 Å². The lowest BCUT2D eigenvalue weighted by Gasteiger charge is -2.07. The Morgan fingerprint density at radius 1 is 1.00 bits per heavy atom. The van der Waals surface area contributed by atoms with E-state index in [2.05, 4.69) is 27.9 Å². The van der Waals surface area contributed by atoms with Gasteiger partial charge in [-0.05, 0) is 34.1 Å². The van der Waals surface area contributed by atoms with Crippen molar-refractivity contribution in [2.24, 2.45) is 0 Å². The highest BCUT2D eigenvalue weighted by Crippen LogP contribution is 2.18. The van der Waals surface area contributed by atoms with Gasteiger partial charge in [-0.1, -0.05) is 65.4 Å². The number of alkyl halides is 1. The molecule has 0 heterocycles. The second-order valence-corrected chi connectivity index (χ2v) is 5.61. The first kappa shape index (κ1) is 14.3. The number of hydrogen-bond donors (Lipinski definition) is 1. The molecule has 19 heavy (non-hydrogen) atoms. The van der Waals surface area contributed by atoms with Crippen LogP contribution in [0, 0.1) is 0 Å². The van der Waals surface area contributed by atoms with Gasteiger partial charge in [0.25, 0.3) is 5.91 Å². The quantitative estimate of drug-likeness (QED) is 0.463. The molecule has 2 aromatic rings. The van der Waals surface area contributed by atoms with Crippen LogP contribution in [0.4, 0.5) is 0 Å². The molecular formula is C16H18INO. The second-order valence-electron chi connectivity index (χ2n) is 4.53. The van der Waals surface area contributed by atoms with Crippen LogP contribution >= 0.6 is 22.6 Å². The van der Waals surface area contributed by atoms with Crippen LogP contribution in [0.1, 0.15) is 29.6 Å². The number of carbonyl (C=O) groups excluding carboxylic acids is 1. The Morgan fingerprint density at radius 3 is 2.63 bits per heavy atom. The highest BCUT2D eigenvalue weighted by atomic mass is 127. The fourth-order valence-corrected chi connectivity index (χ4v) is 2.66. The Hall–Kier alpha value is -1.10. The van der Waals surface area contributed by atoms with Crippen LogP contribution in [0.25, 0.3) is 10.8 Å². The molecule has 0 unspecified atom stereocenters. The van der Waals surface area contributed by atoms with Crippen molar-refractivity contribution in [1.82, 2.24) is 5.32 Å². The van der Waals surface area contributed by atoms with E-state index in [4.69, 9.17) is 0 Å². The summed E-state index contributed by atoms with van der Waals surface area (Å²) < 4.78 is 1.19. The first-order chi connectivity index (χ1) is 9.33. The number of unbranched alkanes of at least 4 members (excludes halogenated alkanes) is 2. The highest BCUT2D eigenvalue weighted by Gasteiger charge is 2.08. The molecule has 2 nitrogen and oxygen atoms in total. The van der Waals surface area contributed by atoms with E-state index in [1.165, 1.54) is 17.3 Å². The van der Waals surface area contributed by atoms with Crippen LogP contribution in [-0.2, 0) is 0 Å². The number of halogens is 1. The normalized spacial score (nSPS) is 10.6. The maximum absolute atomic E-state index is 12.2. The minimum atomic E-state index is 0.0336. The zero-order valence-corrected chi connectivity index (χ0v) is 13.0. The molecule has 100 valence electrons. The Balaban J connectivity index is 2.01. The molecule has 0 bridgehead atoms. The molecule has 2 rings (SSSR count). The predicted octanol–water partition coefficient (Wildman–Crippen LogP) is 4.17. The van der Waals surface area contributed by atoms with E-state index in [1.807, 2.05) is 42.5 Å². The summed E-state index contributed by atoms with van der Waals surface area (Å²) in [6.45, 7) is 0.763. The number of rotatable bonds is 6. The molecule has 0 aromatic heterocycles. The summed E-state index contributed by atoms with van der Waals surface area (Å²) in [7, 11) is 0. The van der Waals surface area contributed by atoms with E-state index in [0.717, 1.165) is 29.3 Å². The maximum Gasteiger partial charge on any atom is 0.251 e. The predicted molar refractivity (Wildman–Crippen MR) is 89.0 cm³/mol. The average Bonchev–Trinajstić information content (AvgIpc) is 2.46. The largest absolute Gasteiger partial charge is 0.352 e. The SMILES string of the molecule is O=C(NCCCCCI)c1cccc2ccccc12. The van der Waals surface area contributed by atoms with Gasteiger partial charge in [0.2, 0.25) is 0 Å². The molecule has 2 aromatic carbocycles. The smallest absolute Gasteiger partial charge is 0.251 e. The summed E-state index contributed by atoms with van der Waals surface area (Å²) in [6.07, 6.45) is 3.46. The van der Waals surface area contributed by atoms with Crippen LogP contribution in [0.15, 0.2) is 42.5 Å². The Bertz CT molecular complexity index is 548. The van der Waals surface area contributed by atoms with Crippen molar-refractivity contribution in [3.8, 4) is 0 Å². The molecule has 0 spiro atoms. The number of hydrogen-bond acceptors (Lipinski definition) is 1. The van der Waals surface area contributed by atoms with E-state index < -0.39 is 0 Å². The lowest BCUT2D eigenvalue weighted by Crippen LogP contribution is -2.24. The molecule has 1 amide bonds. The molecule has 0 radical (unpaired) electrons. The van der Waals surface area contributed by atoms with Crippen LogP contribution in [0.5, 0.6) is 0 Å². The van der Waals surface area contributed by atoms with Crippen molar-refractivity contribution in [2.45, 2.75) is 19.3 Å². The summed E-state index contributed by atoms with van der Waals surface area (Å²) in [6, 6.07) is 13.9. The number of amides is 1. The second kappa shape index (κ2) is 7.48. The summed E-state index contributed by atoms with van der Waals surface area (Å²) in [5.41, 5.74) is 0.770. The van der Waals surface area contributed by atoms with Gasteiger partial charge in [-0.2, -0.15) is 0 Å². The first-order valence-electron chi connectivity index (χ1n) is 6.65. The van der Waals surface area contributed by atoms with Gasteiger partial charge in [-0.25, -0.2) is 0 Å². The van der Waals surface area contributed by atoms with Gasteiger partial charge in [0, 0.05) is 12.1 Å². The monoisotopic (exact) mass is 367 g/mol. The fraction of sp³-hybridized carbons (Fsp3) is 0.312. The number of benzene rings is 2. The molecule has 0 aliphatic carbocycles. The van der Waals surface area contributed by atoms with Crippen molar-refractivity contribution >= 4 is 39.3 Å². The lowest BCUT2D eigenvalue weighted by molar-refractivity contribution is 0.0954. The maximum atomic E-state index is 12.2. The van der Waals surface area contributed by atoms with Gasteiger partial charge in [0.05, 0.1) is 0 Å². The third kappa shape index (κ3) is 3.93. The molecule has 0 atom stereocenters. The minimum absolute atomic E-state index is 0.0336. The van der Waals surface area contributed by atoms with E-state index >= 15 is 0 Å². The fourth-order valence-electron chi connectivity index (χ4n) is 2.12. The topological polar surface area (TPSA) is 29.1 Å². The van der Waals surface area contributed by atoms with Gasteiger partial charge >= 0.3 is 0 Å². The van der Waals surface area contributed by atoms with Crippen LogP contribution in [0.3, 0.4) is 0 Å². The zero-order valence-electron chi connectivity index (χ0n) is 10.9. The molecule has 0 fully saturated rings. The molecule has 0 aliphatic rings. The molecule has 0 aliphatic heterocycles. The zero-order chi connectivity index (χ0) is 13.5. The van der Waals surface area contributed by atoms with Gasteiger partial charge in [0.15, 0.2) is 0 Å². The van der Waals surface area contributed by atoms with Gasteiger partial charge < -0.3 is 5.32 Å². The van der Waals surface area contributed by atoms with E-state index in [0.29, 0.717) is 0 Å². The molecule has 0 saturated heterocycles. The van der Waals surface area contributed by atoms with Gasteiger partial charge in [0.1, 0.15) is 0 Å².